The van der Waals surface area contributed by atoms with Crippen LogP contribution >= 0.6 is 0 Å². The lowest BCUT2D eigenvalue weighted by molar-refractivity contribution is 0.793. The molecule has 4 heteroatoms. The molecule has 0 aliphatic carbocycles. The third-order valence-corrected chi connectivity index (χ3v) is 3.34. The summed E-state index contributed by atoms with van der Waals surface area (Å²) in [6.45, 7) is 6.05. The highest BCUT2D eigenvalue weighted by Gasteiger charge is 2.14. The minimum atomic E-state index is 0.692. The Morgan fingerprint density at radius 2 is 2.05 bits per heavy atom. The van der Waals surface area contributed by atoms with Gasteiger partial charge in [0.1, 0.15) is 0 Å². The molecule has 1 heterocycles. The summed E-state index contributed by atoms with van der Waals surface area (Å²) in [5.41, 5.74) is 11.5. The van der Waals surface area contributed by atoms with E-state index in [2.05, 4.69) is 18.1 Å². The molecule has 4 nitrogen and oxygen atoms in total. The van der Waals surface area contributed by atoms with Gasteiger partial charge in [0.2, 0.25) is 0 Å². The third kappa shape index (κ3) is 2.19. The average molecular weight is 254 g/mol. The van der Waals surface area contributed by atoms with Crippen LogP contribution in [0.4, 0.5) is 5.69 Å². The van der Waals surface area contributed by atoms with Crippen LogP contribution in [0.1, 0.15) is 36.4 Å². The average Bonchev–Trinajstić information content (AvgIpc) is 2.74. The van der Waals surface area contributed by atoms with Crippen LogP contribution in [0, 0.1) is 18.3 Å². The van der Waals surface area contributed by atoms with E-state index < -0.39 is 0 Å². The lowest BCUT2D eigenvalue weighted by Crippen LogP contribution is -2.03. The first-order chi connectivity index (χ1) is 9.12. The van der Waals surface area contributed by atoms with Gasteiger partial charge in [0, 0.05) is 0 Å². The highest BCUT2D eigenvalue weighted by atomic mass is 15.3. The molecular weight excluding hydrogens is 236 g/mol. The van der Waals surface area contributed by atoms with Gasteiger partial charge >= 0.3 is 0 Å². The molecule has 1 aromatic carbocycles. The predicted octanol–water partition coefficient (Wildman–Crippen LogP) is 2.76. The van der Waals surface area contributed by atoms with Crippen LogP contribution in [0.2, 0.25) is 0 Å². The van der Waals surface area contributed by atoms with Crippen molar-refractivity contribution in [2.24, 2.45) is 0 Å². The Bertz CT molecular complexity index is 647. The molecule has 19 heavy (non-hydrogen) atoms. The van der Waals surface area contributed by atoms with Crippen molar-refractivity contribution in [1.82, 2.24) is 9.78 Å². The Kier molecular flexibility index (Phi) is 3.57. The van der Waals surface area contributed by atoms with Crippen molar-refractivity contribution in [3.63, 3.8) is 0 Å². The van der Waals surface area contributed by atoms with E-state index in [4.69, 9.17) is 11.0 Å². The Labute approximate surface area is 113 Å². The minimum absolute atomic E-state index is 0.692. The monoisotopic (exact) mass is 254 g/mol. The number of aromatic nitrogens is 2. The predicted molar refractivity (Wildman–Crippen MR) is 76.2 cm³/mol. The first kappa shape index (κ1) is 13.2. The SMILES string of the molecule is CCc1nn(-c2ccc(C#N)c(C)c2)c(CC)c1N. The largest absolute Gasteiger partial charge is 0.396 e. The van der Waals surface area contributed by atoms with E-state index in [-0.39, 0.29) is 0 Å². The van der Waals surface area contributed by atoms with Crippen molar-refractivity contribution in [3.05, 3.63) is 40.7 Å². The fourth-order valence-electron chi connectivity index (χ4n) is 2.24. The molecule has 2 N–H and O–H groups in total. The summed E-state index contributed by atoms with van der Waals surface area (Å²) in [5.74, 6) is 0. The number of anilines is 1. The number of hydrogen-bond acceptors (Lipinski definition) is 3. The van der Waals surface area contributed by atoms with Gasteiger partial charge in [0.15, 0.2) is 0 Å². The molecule has 1 aromatic heterocycles. The summed E-state index contributed by atoms with van der Waals surface area (Å²) < 4.78 is 1.89. The standard InChI is InChI=1S/C15H18N4/c1-4-13-15(17)14(5-2)19(18-13)12-7-6-11(9-16)10(3)8-12/h6-8H,4-5,17H2,1-3H3. The molecule has 0 bridgehead atoms. The molecule has 0 atom stereocenters. The molecule has 0 radical (unpaired) electrons. The maximum absolute atomic E-state index is 8.97. The van der Waals surface area contributed by atoms with E-state index in [1.165, 1.54) is 0 Å². The summed E-state index contributed by atoms with van der Waals surface area (Å²) in [5, 5.41) is 13.5. The maximum Gasteiger partial charge on any atom is 0.0994 e. The van der Waals surface area contributed by atoms with Crippen molar-refractivity contribution in [1.29, 1.82) is 5.26 Å². The fourth-order valence-corrected chi connectivity index (χ4v) is 2.24. The first-order valence-corrected chi connectivity index (χ1v) is 6.49. The van der Waals surface area contributed by atoms with Gasteiger partial charge in [-0.15, -0.1) is 0 Å². The Hall–Kier alpha value is -2.28. The van der Waals surface area contributed by atoms with Gasteiger partial charge in [-0.2, -0.15) is 10.4 Å². The van der Waals surface area contributed by atoms with Crippen molar-refractivity contribution >= 4 is 5.69 Å². The number of rotatable bonds is 3. The van der Waals surface area contributed by atoms with Crippen LogP contribution < -0.4 is 5.73 Å². The molecule has 0 unspecified atom stereocenters. The van der Waals surface area contributed by atoms with E-state index in [9.17, 15) is 0 Å². The van der Waals surface area contributed by atoms with Crippen molar-refractivity contribution in [2.75, 3.05) is 5.73 Å². The number of nitriles is 1. The van der Waals surface area contributed by atoms with Gasteiger partial charge in [0.05, 0.1) is 34.4 Å². The molecule has 2 rings (SSSR count). The Morgan fingerprint density at radius 1 is 1.32 bits per heavy atom. The third-order valence-electron chi connectivity index (χ3n) is 3.34. The number of nitrogens with zero attached hydrogens (tertiary/aromatic N) is 3. The van der Waals surface area contributed by atoms with Gasteiger partial charge in [-0.25, -0.2) is 4.68 Å². The number of benzene rings is 1. The van der Waals surface area contributed by atoms with Gasteiger partial charge in [0.25, 0.3) is 0 Å². The van der Waals surface area contributed by atoms with E-state index in [1.807, 2.05) is 36.7 Å². The molecule has 0 aliphatic heterocycles. The van der Waals surface area contributed by atoms with E-state index in [1.54, 1.807) is 0 Å². The smallest absolute Gasteiger partial charge is 0.0994 e. The van der Waals surface area contributed by atoms with Crippen LogP contribution in [0.5, 0.6) is 0 Å². The fraction of sp³-hybridized carbons (Fsp3) is 0.333. The summed E-state index contributed by atoms with van der Waals surface area (Å²) in [6.07, 6.45) is 1.65. The van der Waals surface area contributed by atoms with Crippen LogP contribution in [0.15, 0.2) is 18.2 Å². The van der Waals surface area contributed by atoms with Crippen LogP contribution in [-0.4, -0.2) is 9.78 Å². The Morgan fingerprint density at radius 3 is 2.58 bits per heavy atom. The molecule has 0 fully saturated rings. The molecule has 0 saturated carbocycles. The number of nitrogens with two attached hydrogens (primary N) is 1. The van der Waals surface area contributed by atoms with Gasteiger partial charge in [-0.3, -0.25) is 0 Å². The van der Waals surface area contributed by atoms with E-state index in [0.29, 0.717) is 5.56 Å². The molecule has 0 saturated heterocycles. The molecule has 0 spiro atoms. The second-order valence-electron chi connectivity index (χ2n) is 4.54. The molecule has 0 amide bonds. The number of nitrogen functional groups attached to an aromatic ring is 1. The second-order valence-corrected chi connectivity index (χ2v) is 4.54. The van der Waals surface area contributed by atoms with Crippen LogP contribution in [-0.2, 0) is 12.8 Å². The maximum atomic E-state index is 8.97. The zero-order valence-electron chi connectivity index (χ0n) is 11.6. The zero-order valence-corrected chi connectivity index (χ0v) is 11.6. The zero-order chi connectivity index (χ0) is 14.0. The van der Waals surface area contributed by atoms with Gasteiger partial charge < -0.3 is 5.73 Å². The number of aryl methyl sites for hydroxylation is 2. The highest BCUT2D eigenvalue weighted by Crippen LogP contribution is 2.23. The summed E-state index contributed by atoms with van der Waals surface area (Å²) in [4.78, 5) is 0. The lowest BCUT2D eigenvalue weighted by atomic mass is 10.1. The topological polar surface area (TPSA) is 67.6 Å². The van der Waals surface area contributed by atoms with Crippen LogP contribution in [0.3, 0.4) is 0 Å². The Balaban J connectivity index is 2.59. The molecule has 98 valence electrons. The minimum Gasteiger partial charge on any atom is -0.396 e. The second kappa shape index (κ2) is 5.15. The van der Waals surface area contributed by atoms with E-state index in [0.717, 1.165) is 41.2 Å². The lowest BCUT2D eigenvalue weighted by Gasteiger charge is -2.08. The van der Waals surface area contributed by atoms with Crippen molar-refractivity contribution in [3.8, 4) is 11.8 Å². The van der Waals surface area contributed by atoms with Gasteiger partial charge in [-0.1, -0.05) is 13.8 Å². The highest BCUT2D eigenvalue weighted by molar-refractivity contribution is 5.53. The van der Waals surface area contributed by atoms with Gasteiger partial charge in [-0.05, 0) is 43.5 Å². The normalized spacial score (nSPS) is 10.4. The summed E-state index contributed by atoms with van der Waals surface area (Å²) >= 11 is 0. The molecular formula is C15H18N4. The molecule has 0 aliphatic rings. The summed E-state index contributed by atoms with van der Waals surface area (Å²) in [7, 11) is 0. The summed E-state index contributed by atoms with van der Waals surface area (Å²) in [6, 6.07) is 7.89. The van der Waals surface area contributed by atoms with Crippen molar-refractivity contribution < 1.29 is 0 Å². The van der Waals surface area contributed by atoms with Crippen LogP contribution in [0.25, 0.3) is 5.69 Å². The number of hydrogen-bond donors (Lipinski definition) is 1. The van der Waals surface area contributed by atoms with Crippen molar-refractivity contribution in [2.45, 2.75) is 33.6 Å². The quantitative estimate of drug-likeness (QED) is 0.915. The molecule has 2 aromatic rings. The van der Waals surface area contributed by atoms with E-state index >= 15 is 0 Å². The first-order valence-electron chi connectivity index (χ1n) is 6.49.